The lowest BCUT2D eigenvalue weighted by atomic mass is 9.90. The second-order valence-corrected chi connectivity index (χ2v) is 6.93. The predicted molar refractivity (Wildman–Crippen MR) is 93.4 cm³/mol. The highest BCUT2D eigenvalue weighted by molar-refractivity contribution is 5.82. The number of amides is 1. The largest absolute Gasteiger partial charge is 0.468 e. The van der Waals surface area contributed by atoms with Crippen molar-refractivity contribution in [1.29, 1.82) is 5.26 Å². The first-order valence-electron chi connectivity index (χ1n) is 8.41. The normalized spacial score (nSPS) is 19.4. The number of fused-ring (bicyclic) bond motifs is 1. The molecule has 0 saturated heterocycles. The first-order valence-corrected chi connectivity index (χ1v) is 8.41. The van der Waals surface area contributed by atoms with E-state index in [0.29, 0.717) is 13.0 Å². The van der Waals surface area contributed by atoms with E-state index < -0.39 is 11.6 Å². The molecular formula is C19H25N3O3. The number of ether oxygens (including phenoxy) is 1. The predicted octanol–water partition coefficient (Wildman–Crippen LogP) is 1.64. The molecule has 1 N–H and O–H groups in total. The lowest BCUT2D eigenvalue weighted by molar-refractivity contribution is -0.148. The zero-order valence-electron chi connectivity index (χ0n) is 15.2. The number of esters is 1. The highest BCUT2D eigenvalue weighted by Crippen LogP contribution is 2.24. The summed E-state index contributed by atoms with van der Waals surface area (Å²) in [5.41, 5.74) is 1.26. The summed E-state index contributed by atoms with van der Waals surface area (Å²) >= 11 is 0. The summed E-state index contributed by atoms with van der Waals surface area (Å²) in [6, 6.07) is 9.54. The molecule has 1 aromatic rings. The molecule has 0 spiro atoms. The molecule has 6 nitrogen and oxygen atoms in total. The quantitative estimate of drug-likeness (QED) is 0.822. The number of nitrogens with zero attached hydrogens (tertiary/aromatic N) is 2. The van der Waals surface area contributed by atoms with Crippen LogP contribution in [0.15, 0.2) is 24.3 Å². The second-order valence-electron chi connectivity index (χ2n) is 6.93. The average molecular weight is 343 g/mol. The van der Waals surface area contributed by atoms with Crippen LogP contribution >= 0.6 is 0 Å². The molecule has 0 fully saturated rings. The van der Waals surface area contributed by atoms with Crippen LogP contribution in [0.4, 0.5) is 0 Å². The fourth-order valence-corrected chi connectivity index (χ4v) is 2.93. The van der Waals surface area contributed by atoms with Gasteiger partial charge in [0.1, 0.15) is 11.6 Å². The second kappa shape index (κ2) is 7.66. The number of rotatable bonds is 5. The van der Waals surface area contributed by atoms with Gasteiger partial charge in [0.25, 0.3) is 0 Å². The lowest BCUT2D eigenvalue weighted by Gasteiger charge is -2.35. The Balaban J connectivity index is 2.17. The fraction of sp³-hybridized carbons (Fsp3) is 0.526. The number of hydrogen-bond acceptors (Lipinski definition) is 5. The van der Waals surface area contributed by atoms with Crippen LogP contribution < -0.4 is 5.32 Å². The maximum absolute atomic E-state index is 12.5. The van der Waals surface area contributed by atoms with Gasteiger partial charge in [-0.1, -0.05) is 38.1 Å². The van der Waals surface area contributed by atoms with Gasteiger partial charge in [-0.25, -0.2) is 0 Å². The molecule has 1 aliphatic rings. The third-order valence-corrected chi connectivity index (χ3v) is 4.95. The monoisotopic (exact) mass is 343 g/mol. The highest BCUT2D eigenvalue weighted by atomic mass is 16.5. The van der Waals surface area contributed by atoms with Gasteiger partial charge in [0.05, 0.1) is 19.7 Å². The molecule has 0 bridgehead atoms. The van der Waals surface area contributed by atoms with Crippen LogP contribution in [0.2, 0.25) is 0 Å². The third kappa shape index (κ3) is 4.18. The number of methoxy groups -OCH3 is 1. The minimum absolute atomic E-state index is 0.0278. The molecular weight excluding hydrogens is 318 g/mol. The van der Waals surface area contributed by atoms with Gasteiger partial charge >= 0.3 is 5.97 Å². The van der Waals surface area contributed by atoms with Gasteiger partial charge in [-0.15, -0.1) is 0 Å². The molecule has 0 aliphatic carbocycles. The topological polar surface area (TPSA) is 82.4 Å². The first kappa shape index (κ1) is 18.9. The standard InChI is InChI=1S/C19H25N3O3/c1-13(2)19(3,12-20)21-17(23)11-22-10-15-8-6-5-7-14(15)9-16(22)18(24)25-4/h5-8,13,16H,9-11H2,1-4H3,(H,21,23)/t16-,19+/m1/s1. The molecule has 1 aromatic carbocycles. The molecule has 1 aliphatic heterocycles. The number of hydrogen-bond donors (Lipinski definition) is 1. The highest BCUT2D eigenvalue weighted by Gasteiger charge is 2.35. The van der Waals surface area contributed by atoms with E-state index in [1.807, 2.05) is 43.0 Å². The third-order valence-electron chi connectivity index (χ3n) is 4.95. The average Bonchev–Trinajstić information content (AvgIpc) is 2.60. The molecule has 0 aromatic heterocycles. The Hall–Kier alpha value is -2.39. The Labute approximate surface area is 148 Å². The van der Waals surface area contributed by atoms with Gasteiger partial charge in [-0.2, -0.15) is 5.26 Å². The van der Waals surface area contributed by atoms with Gasteiger partial charge in [-0.05, 0) is 30.4 Å². The van der Waals surface area contributed by atoms with Crippen LogP contribution in [-0.2, 0) is 27.3 Å². The zero-order chi connectivity index (χ0) is 18.6. The lowest BCUT2D eigenvalue weighted by Crippen LogP contribution is -2.55. The number of carbonyl (C=O) groups excluding carboxylic acids is 2. The van der Waals surface area contributed by atoms with Crippen molar-refractivity contribution in [2.75, 3.05) is 13.7 Å². The Bertz CT molecular complexity index is 695. The fourth-order valence-electron chi connectivity index (χ4n) is 2.93. The summed E-state index contributed by atoms with van der Waals surface area (Å²) in [6.07, 6.45) is 0.510. The van der Waals surface area contributed by atoms with Crippen molar-refractivity contribution in [3.8, 4) is 6.07 Å². The van der Waals surface area contributed by atoms with Gasteiger partial charge in [0.2, 0.25) is 5.91 Å². The van der Waals surface area contributed by atoms with Crippen molar-refractivity contribution in [2.45, 2.75) is 45.3 Å². The van der Waals surface area contributed by atoms with Crippen LogP contribution in [0.3, 0.4) is 0 Å². The van der Waals surface area contributed by atoms with Gasteiger partial charge in [0.15, 0.2) is 0 Å². The SMILES string of the molecule is COC(=O)[C@H]1Cc2ccccc2CN1CC(=O)N[C@@](C)(C#N)C(C)C. The molecule has 2 atom stereocenters. The van der Waals surface area contributed by atoms with E-state index in [1.54, 1.807) is 6.92 Å². The summed E-state index contributed by atoms with van der Waals surface area (Å²) in [7, 11) is 1.35. The zero-order valence-corrected chi connectivity index (χ0v) is 15.2. The van der Waals surface area contributed by atoms with Crippen molar-refractivity contribution in [1.82, 2.24) is 10.2 Å². The van der Waals surface area contributed by atoms with Crippen LogP contribution in [0.25, 0.3) is 0 Å². The van der Waals surface area contributed by atoms with Crippen LogP contribution in [0.1, 0.15) is 31.9 Å². The van der Waals surface area contributed by atoms with E-state index in [2.05, 4.69) is 11.4 Å². The molecule has 2 rings (SSSR count). The van der Waals surface area contributed by atoms with Crippen molar-refractivity contribution in [3.05, 3.63) is 35.4 Å². The maximum atomic E-state index is 12.5. The van der Waals surface area contributed by atoms with E-state index in [1.165, 1.54) is 7.11 Å². The minimum Gasteiger partial charge on any atom is -0.468 e. The Morgan fingerprint density at radius 2 is 2.04 bits per heavy atom. The van der Waals surface area contributed by atoms with Crippen LogP contribution in [-0.4, -0.2) is 42.0 Å². The Kier molecular flexibility index (Phi) is 5.81. The van der Waals surface area contributed by atoms with E-state index in [-0.39, 0.29) is 24.3 Å². The van der Waals surface area contributed by atoms with Gasteiger partial charge in [-0.3, -0.25) is 14.5 Å². The van der Waals surface area contributed by atoms with Crippen LogP contribution in [0.5, 0.6) is 0 Å². The van der Waals surface area contributed by atoms with Crippen LogP contribution in [0, 0.1) is 17.2 Å². The molecule has 1 amide bonds. The summed E-state index contributed by atoms with van der Waals surface area (Å²) < 4.78 is 4.91. The minimum atomic E-state index is -0.939. The maximum Gasteiger partial charge on any atom is 0.323 e. The van der Waals surface area contributed by atoms with E-state index in [4.69, 9.17) is 4.74 Å². The van der Waals surface area contributed by atoms with Crippen molar-refractivity contribution >= 4 is 11.9 Å². The molecule has 0 radical (unpaired) electrons. The summed E-state index contributed by atoms with van der Waals surface area (Å²) in [5.74, 6) is -0.653. The summed E-state index contributed by atoms with van der Waals surface area (Å²) in [5, 5.41) is 12.2. The molecule has 25 heavy (non-hydrogen) atoms. The first-order chi connectivity index (χ1) is 11.8. The van der Waals surface area contributed by atoms with Gasteiger partial charge in [0, 0.05) is 6.54 Å². The van der Waals surface area contributed by atoms with Crippen molar-refractivity contribution in [2.24, 2.45) is 5.92 Å². The molecule has 1 heterocycles. The number of nitriles is 1. The van der Waals surface area contributed by atoms with Crippen molar-refractivity contribution < 1.29 is 14.3 Å². The van der Waals surface area contributed by atoms with Gasteiger partial charge < -0.3 is 10.1 Å². The number of benzene rings is 1. The molecule has 0 saturated carbocycles. The molecule has 6 heteroatoms. The molecule has 134 valence electrons. The number of nitrogens with one attached hydrogen (secondary N) is 1. The van der Waals surface area contributed by atoms with E-state index >= 15 is 0 Å². The smallest absolute Gasteiger partial charge is 0.323 e. The van der Waals surface area contributed by atoms with Crippen molar-refractivity contribution in [3.63, 3.8) is 0 Å². The Morgan fingerprint density at radius 3 is 2.60 bits per heavy atom. The Morgan fingerprint density at radius 1 is 1.40 bits per heavy atom. The van der Waals surface area contributed by atoms with E-state index in [9.17, 15) is 14.9 Å². The molecule has 0 unspecified atom stereocenters. The van der Waals surface area contributed by atoms with E-state index in [0.717, 1.165) is 11.1 Å². The number of carbonyl (C=O) groups is 2. The summed E-state index contributed by atoms with van der Waals surface area (Å²) in [4.78, 5) is 26.5. The summed E-state index contributed by atoms with van der Waals surface area (Å²) in [6.45, 7) is 6.01.